The normalized spacial score (nSPS) is 15.3. The van der Waals surface area contributed by atoms with Gasteiger partial charge in [-0.1, -0.05) is 54.1 Å². The van der Waals surface area contributed by atoms with Gasteiger partial charge in [-0.25, -0.2) is 4.99 Å². The van der Waals surface area contributed by atoms with Gasteiger partial charge in [-0.2, -0.15) is 0 Å². The van der Waals surface area contributed by atoms with E-state index in [0.717, 1.165) is 42.9 Å². The molecule has 0 bridgehead atoms. The van der Waals surface area contributed by atoms with E-state index in [0.29, 0.717) is 10.6 Å². The Kier molecular flexibility index (Phi) is 7.39. The molecule has 1 atom stereocenters. The van der Waals surface area contributed by atoms with E-state index in [-0.39, 0.29) is 6.04 Å². The number of hydrogen-bond donors (Lipinski definition) is 1. The molecule has 4 nitrogen and oxygen atoms in total. The van der Waals surface area contributed by atoms with Crippen molar-refractivity contribution in [3.63, 3.8) is 0 Å². The van der Waals surface area contributed by atoms with Gasteiger partial charge in [0.1, 0.15) is 5.84 Å². The SMILES string of the molecule is CC(NCc1ccccc1)C(=NC1=CCCC=C1C=O)N(C)c1ccc(Cl)cc1. The van der Waals surface area contributed by atoms with Gasteiger partial charge >= 0.3 is 0 Å². The van der Waals surface area contributed by atoms with Crippen LogP contribution in [0.15, 0.2) is 83.0 Å². The summed E-state index contributed by atoms with van der Waals surface area (Å²) < 4.78 is 0. The monoisotopic (exact) mass is 407 g/mol. The van der Waals surface area contributed by atoms with Crippen molar-refractivity contribution in [3.05, 3.63) is 88.6 Å². The first-order chi connectivity index (χ1) is 14.1. The topological polar surface area (TPSA) is 44.7 Å². The number of benzene rings is 2. The van der Waals surface area contributed by atoms with Gasteiger partial charge in [0.2, 0.25) is 0 Å². The number of carbonyl (C=O) groups is 1. The van der Waals surface area contributed by atoms with Crippen LogP contribution in [0.3, 0.4) is 0 Å². The Hall–Kier alpha value is -2.69. The summed E-state index contributed by atoms with van der Waals surface area (Å²) >= 11 is 6.05. The Morgan fingerprint density at radius 3 is 2.52 bits per heavy atom. The smallest absolute Gasteiger partial charge is 0.151 e. The van der Waals surface area contributed by atoms with E-state index in [1.54, 1.807) is 0 Å². The highest BCUT2D eigenvalue weighted by Gasteiger charge is 2.19. The van der Waals surface area contributed by atoms with Crippen LogP contribution in [0.5, 0.6) is 0 Å². The molecule has 2 aromatic carbocycles. The highest BCUT2D eigenvalue weighted by Crippen LogP contribution is 2.22. The molecule has 150 valence electrons. The number of aliphatic imine (C=N–C) groups is 1. The van der Waals surface area contributed by atoms with Crippen LogP contribution < -0.4 is 10.2 Å². The van der Waals surface area contributed by atoms with E-state index in [9.17, 15) is 4.79 Å². The van der Waals surface area contributed by atoms with E-state index >= 15 is 0 Å². The number of amidine groups is 1. The predicted octanol–water partition coefficient (Wildman–Crippen LogP) is 5.16. The molecular weight excluding hydrogens is 382 g/mol. The molecule has 1 N–H and O–H groups in total. The number of hydrogen-bond acceptors (Lipinski definition) is 3. The first-order valence-corrected chi connectivity index (χ1v) is 10.2. The summed E-state index contributed by atoms with van der Waals surface area (Å²) in [6, 6.07) is 17.9. The van der Waals surface area contributed by atoms with Gasteiger partial charge in [0.05, 0.1) is 11.7 Å². The van der Waals surface area contributed by atoms with Crippen LogP contribution in [0.4, 0.5) is 5.69 Å². The summed E-state index contributed by atoms with van der Waals surface area (Å²) in [4.78, 5) is 18.4. The fourth-order valence-electron chi connectivity index (χ4n) is 3.24. The molecule has 1 unspecified atom stereocenters. The summed E-state index contributed by atoms with van der Waals surface area (Å²) in [6.07, 6.45) is 6.63. The van der Waals surface area contributed by atoms with Crippen molar-refractivity contribution in [3.8, 4) is 0 Å². The molecule has 0 aliphatic heterocycles. The molecule has 1 aliphatic carbocycles. The zero-order valence-corrected chi connectivity index (χ0v) is 17.6. The molecule has 0 amide bonds. The van der Waals surface area contributed by atoms with Crippen LogP contribution in [-0.4, -0.2) is 25.2 Å². The number of aldehydes is 1. The van der Waals surface area contributed by atoms with E-state index in [4.69, 9.17) is 16.6 Å². The Morgan fingerprint density at radius 2 is 1.83 bits per heavy atom. The second-order valence-electron chi connectivity index (χ2n) is 7.04. The van der Waals surface area contributed by atoms with Crippen molar-refractivity contribution in [2.75, 3.05) is 11.9 Å². The largest absolute Gasteiger partial charge is 0.332 e. The van der Waals surface area contributed by atoms with Crippen LogP contribution in [0.2, 0.25) is 5.02 Å². The highest BCUT2D eigenvalue weighted by atomic mass is 35.5. The zero-order chi connectivity index (χ0) is 20.6. The van der Waals surface area contributed by atoms with Crippen LogP contribution in [0, 0.1) is 0 Å². The second-order valence-corrected chi connectivity index (χ2v) is 7.47. The predicted molar refractivity (Wildman–Crippen MR) is 121 cm³/mol. The quantitative estimate of drug-likeness (QED) is 0.392. The number of nitrogens with zero attached hydrogens (tertiary/aromatic N) is 2. The van der Waals surface area contributed by atoms with Crippen LogP contribution in [0.1, 0.15) is 25.3 Å². The molecule has 0 heterocycles. The number of allylic oxidation sites excluding steroid dienone is 3. The number of rotatable bonds is 7. The fourth-order valence-corrected chi connectivity index (χ4v) is 3.37. The van der Waals surface area contributed by atoms with E-state index < -0.39 is 0 Å². The lowest BCUT2D eigenvalue weighted by Gasteiger charge is -2.27. The Balaban J connectivity index is 1.88. The van der Waals surface area contributed by atoms with Crippen molar-refractivity contribution in [1.82, 2.24) is 5.32 Å². The van der Waals surface area contributed by atoms with Gasteiger partial charge in [0.25, 0.3) is 0 Å². The number of halogens is 1. The van der Waals surface area contributed by atoms with Gasteiger partial charge in [0, 0.05) is 29.9 Å². The lowest BCUT2D eigenvalue weighted by Crippen LogP contribution is -2.43. The minimum absolute atomic E-state index is 0.0355. The summed E-state index contributed by atoms with van der Waals surface area (Å²) in [5.74, 6) is 0.837. The van der Waals surface area contributed by atoms with Crippen molar-refractivity contribution >= 4 is 29.4 Å². The first-order valence-electron chi connectivity index (χ1n) is 9.79. The summed E-state index contributed by atoms with van der Waals surface area (Å²) in [5, 5.41) is 4.24. The van der Waals surface area contributed by atoms with E-state index in [1.165, 1.54) is 5.56 Å². The van der Waals surface area contributed by atoms with Crippen molar-refractivity contribution < 1.29 is 4.79 Å². The summed E-state index contributed by atoms with van der Waals surface area (Å²) in [5.41, 5.74) is 3.57. The zero-order valence-electron chi connectivity index (χ0n) is 16.8. The number of nitrogens with one attached hydrogen (secondary N) is 1. The third-order valence-corrected chi connectivity index (χ3v) is 5.18. The van der Waals surface area contributed by atoms with Gasteiger partial charge in [-0.15, -0.1) is 0 Å². The first kappa shape index (κ1) is 21.0. The highest BCUT2D eigenvalue weighted by molar-refractivity contribution is 6.30. The maximum absolute atomic E-state index is 11.5. The lowest BCUT2D eigenvalue weighted by atomic mass is 10.0. The van der Waals surface area contributed by atoms with Gasteiger partial charge < -0.3 is 10.2 Å². The number of carbonyl (C=O) groups excluding carboxylic acids is 1. The average molecular weight is 408 g/mol. The third kappa shape index (κ3) is 5.66. The molecule has 0 aromatic heterocycles. The Morgan fingerprint density at radius 1 is 1.14 bits per heavy atom. The van der Waals surface area contributed by atoms with Crippen molar-refractivity contribution in [1.29, 1.82) is 0 Å². The van der Waals surface area contributed by atoms with Gasteiger partial charge in [-0.3, -0.25) is 4.79 Å². The minimum atomic E-state index is -0.0355. The number of likely N-dealkylation sites (N-methyl/N-ethyl adjacent to an activating group) is 1. The van der Waals surface area contributed by atoms with Crippen LogP contribution in [0.25, 0.3) is 0 Å². The summed E-state index contributed by atoms with van der Waals surface area (Å²) in [6.45, 7) is 2.81. The molecule has 0 fully saturated rings. The molecule has 2 aromatic rings. The van der Waals surface area contributed by atoms with Gasteiger partial charge in [-0.05, 0) is 49.6 Å². The molecule has 0 spiro atoms. The Bertz CT molecular complexity index is 917. The van der Waals surface area contributed by atoms with Crippen molar-refractivity contribution in [2.45, 2.75) is 32.4 Å². The molecule has 29 heavy (non-hydrogen) atoms. The van der Waals surface area contributed by atoms with Crippen LogP contribution >= 0.6 is 11.6 Å². The molecule has 1 aliphatic rings. The standard InChI is InChI=1S/C24H26ClN3O/c1-18(26-16-19-8-4-3-5-9-19)24(27-23-11-7-6-10-20(23)17-29)28(2)22-14-12-21(25)13-15-22/h3-5,8-15,17-18,26H,6-7,16H2,1-2H3. The fraction of sp³-hybridized carbons (Fsp3) is 0.250. The van der Waals surface area contributed by atoms with Crippen LogP contribution in [-0.2, 0) is 11.3 Å². The summed E-state index contributed by atoms with van der Waals surface area (Å²) in [7, 11) is 1.98. The molecule has 0 saturated carbocycles. The maximum Gasteiger partial charge on any atom is 0.151 e. The third-order valence-electron chi connectivity index (χ3n) is 4.93. The number of anilines is 1. The minimum Gasteiger partial charge on any atom is -0.332 e. The van der Waals surface area contributed by atoms with Crippen molar-refractivity contribution in [2.24, 2.45) is 4.99 Å². The molecule has 0 radical (unpaired) electrons. The Labute approximate surface area is 177 Å². The van der Waals surface area contributed by atoms with Gasteiger partial charge in [0.15, 0.2) is 6.29 Å². The van der Waals surface area contributed by atoms with E-state index in [1.807, 2.05) is 66.6 Å². The lowest BCUT2D eigenvalue weighted by molar-refractivity contribution is -0.104. The molecule has 3 rings (SSSR count). The maximum atomic E-state index is 11.5. The average Bonchev–Trinajstić information content (AvgIpc) is 2.77. The molecule has 5 heteroatoms. The molecule has 0 saturated heterocycles. The molecular formula is C24H26ClN3O. The van der Waals surface area contributed by atoms with E-state index in [2.05, 4.69) is 24.4 Å². The second kappa shape index (κ2) is 10.2.